The van der Waals surface area contributed by atoms with Crippen molar-refractivity contribution in [2.75, 3.05) is 31.1 Å². The molecule has 0 saturated carbocycles. The number of phenolic OH excluding ortho intramolecular Hbond substituents is 1. The van der Waals surface area contributed by atoms with Gasteiger partial charge in [-0.3, -0.25) is 4.57 Å². The number of aliphatic hydroxyl groups excluding tert-OH is 1. The van der Waals surface area contributed by atoms with E-state index >= 15 is 0 Å². The van der Waals surface area contributed by atoms with E-state index in [1.807, 2.05) is 4.90 Å². The Balaban J connectivity index is 1.52. The quantitative estimate of drug-likeness (QED) is 0.382. The minimum absolute atomic E-state index is 0.0183. The van der Waals surface area contributed by atoms with Crippen molar-refractivity contribution >= 4 is 17.4 Å². The zero-order valence-corrected chi connectivity index (χ0v) is 20.3. The van der Waals surface area contributed by atoms with Crippen LogP contribution >= 0.6 is 11.6 Å². The minimum Gasteiger partial charge on any atom is -0.507 e. The molecule has 36 heavy (non-hydrogen) atoms. The van der Waals surface area contributed by atoms with Crippen molar-refractivity contribution in [1.82, 2.24) is 19.4 Å². The molecule has 2 aromatic heterocycles. The first-order valence-corrected chi connectivity index (χ1v) is 11.9. The fourth-order valence-electron chi connectivity index (χ4n) is 4.47. The highest BCUT2D eigenvalue weighted by molar-refractivity contribution is 6.32. The number of aromatic hydroxyl groups is 1. The number of anilines is 1. The number of nitrogens with zero attached hydrogens (tertiary/aromatic N) is 4. The number of phenols is 1. The number of nitrogens with one attached hydrogen (secondary N) is 1. The molecule has 0 radical (unpaired) electrons. The summed E-state index contributed by atoms with van der Waals surface area (Å²) in [6.07, 6.45) is 4.86. The molecular formula is C26H25ClFN5O3. The standard InChI is InChI=1S/C26H25ClFN5O3/c1-31-8-9-33(26(31)36)23-3-2-16(10-22(23)27)20-12-18(28)13-21(25(20)35)17-4-5-30-24(11-17)32-7-6-29-19(14-32)15-34/h2-5,8-13,19,29,34-35H,6-7,14-15H2,1H3/t19-/m0/s1. The van der Waals surface area contributed by atoms with Crippen LogP contribution in [-0.4, -0.2) is 56.6 Å². The second-order valence-corrected chi connectivity index (χ2v) is 9.17. The van der Waals surface area contributed by atoms with Crippen molar-refractivity contribution < 1.29 is 14.6 Å². The van der Waals surface area contributed by atoms with Crippen LogP contribution in [0.3, 0.4) is 0 Å². The van der Waals surface area contributed by atoms with Gasteiger partial charge in [0.2, 0.25) is 0 Å². The number of aryl methyl sites for hydroxylation is 1. The third-order valence-electron chi connectivity index (χ3n) is 6.40. The maximum atomic E-state index is 14.8. The van der Waals surface area contributed by atoms with E-state index < -0.39 is 5.82 Å². The van der Waals surface area contributed by atoms with E-state index in [2.05, 4.69) is 10.3 Å². The fraction of sp³-hybridized carbons (Fsp3) is 0.231. The van der Waals surface area contributed by atoms with Crippen LogP contribution in [0.15, 0.2) is 65.8 Å². The zero-order chi connectivity index (χ0) is 25.4. The first-order chi connectivity index (χ1) is 17.4. The summed E-state index contributed by atoms with van der Waals surface area (Å²) in [4.78, 5) is 18.8. The Bertz CT molecular complexity index is 1480. The van der Waals surface area contributed by atoms with Crippen molar-refractivity contribution in [3.63, 3.8) is 0 Å². The van der Waals surface area contributed by atoms with Crippen molar-refractivity contribution in [1.29, 1.82) is 0 Å². The number of benzene rings is 2. The van der Waals surface area contributed by atoms with Gasteiger partial charge in [0, 0.05) is 62.4 Å². The molecule has 4 aromatic rings. The molecule has 5 rings (SSSR count). The predicted molar refractivity (Wildman–Crippen MR) is 137 cm³/mol. The van der Waals surface area contributed by atoms with Gasteiger partial charge in [-0.1, -0.05) is 17.7 Å². The van der Waals surface area contributed by atoms with Gasteiger partial charge in [-0.25, -0.2) is 14.2 Å². The Labute approximate surface area is 211 Å². The molecule has 3 N–H and O–H groups in total. The molecule has 186 valence electrons. The highest BCUT2D eigenvalue weighted by Gasteiger charge is 2.21. The van der Waals surface area contributed by atoms with Crippen LogP contribution in [0.1, 0.15) is 0 Å². The van der Waals surface area contributed by atoms with Gasteiger partial charge in [0.25, 0.3) is 0 Å². The van der Waals surface area contributed by atoms with Crippen LogP contribution in [0, 0.1) is 5.82 Å². The molecule has 0 amide bonds. The maximum absolute atomic E-state index is 14.8. The van der Waals surface area contributed by atoms with Gasteiger partial charge in [0.1, 0.15) is 17.4 Å². The molecule has 0 bridgehead atoms. The molecule has 1 fully saturated rings. The van der Waals surface area contributed by atoms with E-state index in [0.717, 1.165) is 0 Å². The summed E-state index contributed by atoms with van der Waals surface area (Å²) >= 11 is 6.49. The highest BCUT2D eigenvalue weighted by atomic mass is 35.5. The summed E-state index contributed by atoms with van der Waals surface area (Å²) in [5.41, 5.74) is 1.95. The van der Waals surface area contributed by atoms with Crippen molar-refractivity contribution in [3.05, 3.63) is 82.4 Å². The second kappa shape index (κ2) is 9.77. The van der Waals surface area contributed by atoms with Crippen LogP contribution < -0.4 is 15.9 Å². The van der Waals surface area contributed by atoms with E-state index in [1.54, 1.807) is 56.0 Å². The number of hydrogen-bond acceptors (Lipinski definition) is 6. The van der Waals surface area contributed by atoms with E-state index in [9.17, 15) is 19.4 Å². The smallest absolute Gasteiger partial charge is 0.332 e. The van der Waals surface area contributed by atoms with Crippen LogP contribution in [0.25, 0.3) is 27.9 Å². The number of aromatic nitrogens is 3. The Morgan fingerprint density at radius 2 is 1.89 bits per heavy atom. The molecule has 0 unspecified atom stereocenters. The van der Waals surface area contributed by atoms with Crippen molar-refractivity contribution in [3.8, 4) is 33.7 Å². The van der Waals surface area contributed by atoms with E-state index in [4.69, 9.17) is 11.6 Å². The molecule has 0 aliphatic carbocycles. The van der Waals surface area contributed by atoms with Gasteiger partial charge in [-0.2, -0.15) is 0 Å². The molecule has 3 heterocycles. The Kier molecular flexibility index (Phi) is 6.53. The summed E-state index contributed by atoms with van der Waals surface area (Å²) in [6, 6.07) is 10.9. The van der Waals surface area contributed by atoms with Crippen molar-refractivity contribution in [2.24, 2.45) is 7.05 Å². The third kappa shape index (κ3) is 4.48. The number of rotatable bonds is 5. The summed E-state index contributed by atoms with van der Waals surface area (Å²) in [5.74, 6) is 0.0688. The summed E-state index contributed by atoms with van der Waals surface area (Å²) in [6.45, 7) is 2.02. The van der Waals surface area contributed by atoms with Crippen LogP contribution in [-0.2, 0) is 7.05 Å². The molecule has 0 spiro atoms. The van der Waals surface area contributed by atoms with Gasteiger partial charge in [0.05, 0.1) is 17.3 Å². The van der Waals surface area contributed by atoms with E-state index in [0.29, 0.717) is 47.8 Å². The topological polar surface area (TPSA) is 95.6 Å². The molecule has 2 aromatic carbocycles. The molecule has 1 aliphatic heterocycles. The van der Waals surface area contributed by atoms with Gasteiger partial charge in [-0.05, 0) is 47.5 Å². The summed E-state index contributed by atoms with van der Waals surface area (Å²) < 4.78 is 17.6. The lowest BCUT2D eigenvalue weighted by molar-refractivity contribution is 0.235. The van der Waals surface area contributed by atoms with E-state index in [-0.39, 0.29) is 34.7 Å². The van der Waals surface area contributed by atoms with Gasteiger partial charge in [-0.15, -0.1) is 0 Å². The first-order valence-electron chi connectivity index (χ1n) is 11.5. The fourth-order valence-corrected chi connectivity index (χ4v) is 4.74. The van der Waals surface area contributed by atoms with E-state index in [1.165, 1.54) is 21.3 Å². The number of pyridine rings is 1. The highest BCUT2D eigenvalue weighted by Crippen LogP contribution is 2.40. The number of hydrogen-bond donors (Lipinski definition) is 3. The minimum atomic E-state index is -0.516. The lowest BCUT2D eigenvalue weighted by Crippen LogP contribution is -2.52. The summed E-state index contributed by atoms with van der Waals surface area (Å²) in [7, 11) is 1.64. The lowest BCUT2D eigenvalue weighted by atomic mass is 9.97. The molecule has 1 atom stereocenters. The Hall–Kier alpha value is -3.66. The molecule has 1 aliphatic rings. The Morgan fingerprint density at radius 3 is 2.56 bits per heavy atom. The van der Waals surface area contributed by atoms with Crippen LogP contribution in [0.2, 0.25) is 5.02 Å². The van der Waals surface area contributed by atoms with Crippen LogP contribution in [0.5, 0.6) is 5.75 Å². The SMILES string of the molecule is Cn1ccn(-c2ccc(-c3cc(F)cc(-c4ccnc(N5CCN[C@H](CO)C5)c4)c3O)cc2Cl)c1=O. The molecule has 8 nitrogen and oxygen atoms in total. The maximum Gasteiger partial charge on any atom is 0.332 e. The number of imidazole rings is 1. The number of aliphatic hydroxyl groups is 1. The number of piperazine rings is 1. The zero-order valence-electron chi connectivity index (χ0n) is 19.5. The largest absolute Gasteiger partial charge is 0.507 e. The monoisotopic (exact) mass is 509 g/mol. The molecule has 1 saturated heterocycles. The lowest BCUT2D eigenvalue weighted by Gasteiger charge is -2.33. The number of halogens is 2. The second-order valence-electron chi connectivity index (χ2n) is 8.76. The first kappa shape index (κ1) is 24.1. The summed E-state index contributed by atoms with van der Waals surface area (Å²) in [5, 5.41) is 24.2. The van der Waals surface area contributed by atoms with Crippen molar-refractivity contribution in [2.45, 2.75) is 6.04 Å². The average molecular weight is 510 g/mol. The van der Waals surface area contributed by atoms with Gasteiger partial charge < -0.3 is 25.0 Å². The van der Waals surface area contributed by atoms with Gasteiger partial charge in [0.15, 0.2) is 0 Å². The van der Waals surface area contributed by atoms with Crippen LogP contribution in [0.4, 0.5) is 10.2 Å². The molecule has 10 heteroatoms. The predicted octanol–water partition coefficient (Wildman–Crippen LogP) is 3.17. The third-order valence-corrected chi connectivity index (χ3v) is 6.70. The Morgan fingerprint density at radius 1 is 1.14 bits per heavy atom. The average Bonchev–Trinajstić information content (AvgIpc) is 3.23. The van der Waals surface area contributed by atoms with Gasteiger partial charge >= 0.3 is 5.69 Å². The molecular weight excluding hydrogens is 485 g/mol. The normalized spacial score (nSPS) is 15.9.